The predicted octanol–water partition coefficient (Wildman–Crippen LogP) is 4.66. The molecule has 0 aliphatic rings. The van der Waals surface area contributed by atoms with Crippen LogP contribution in [0, 0.1) is 0 Å². The molecule has 2 aromatic carbocycles. The number of aromatic nitrogens is 1. The number of nitrogens with one attached hydrogen (secondary N) is 1. The van der Waals surface area contributed by atoms with E-state index in [2.05, 4.69) is 15.5 Å². The second-order valence-corrected chi connectivity index (χ2v) is 6.78. The quantitative estimate of drug-likeness (QED) is 0.425. The van der Waals surface area contributed by atoms with E-state index >= 15 is 0 Å². The number of benzene rings is 2. The lowest BCUT2D eigenvalue weighted by molar-refractivity contribution is 0.483. The number of thiazole rings is 1. The van der Waals surface area contributed by atoms with Crippen LogP contribution >= 0.6 is 22.7 Å². The van der Waals surface area contributed by atoms with E-state index in [0.717, 1.165) is 30.3 Å². The first-order valence-corrected chi connectivity index (χ1v) is 8.30. The van der Waals surface area contributed by atoms with Gasteiger partial charge in [-0.15, -0.1) is 11.3 Å². The molecular formula is C16H11N3OS2. The average molecular weight is 325 g/mol. The molecule has 0 radical (unpaired) electrons. The molecule has 0 saturated heterocycles. The van der Waals surface area contributed by atoms with Gasteiger partial charge in [-0.2, -0.15) is 5.10 Å². The van der Waals surface area contributed by atoms with Gasteiger partial charge in [0.25, 0.3) is 0 Å². The second-order valence-electron chi connectivity index (χ2n) is 4.67. The number of rotatable bonds is 3. The Morgan fingerprint density at radius 1 is 1.00 bits per heavy atom. The van der Waals surface area contributed by atoms with Crippen molar-refractivity contribution in [3.05, 3.63) is 53.4 Å². The molecule has 22 heavy (non-hydrogen) atoms. The van der Waals surface area contributed by atoms with E-state index in [-0.39, 0.29) is 5.75 Å². The molecule has 4 rings (SSSR count). The summed E-state index contributed by atoms with van der Waals surface area (Å²) in [5, 5.41) is 16.0. The van der Waals surface area contributed by atoms with Crippen molar-refractivity contribution >= 4 is 54.3 Å². The maximum atomic E-state index is 10.2. The molecule has 0 amide bonds. The summed E-state index contributed by atoms with van der Waals surface area (Å²) in [5.41, 5.74) is 3.88. The molecule has 0 atom stereocenters. The van der Waals surface area contributed by atoms with Crippen LogP contribution in [0.3, 0.4) is 0 Å². The first-order chi connectivity index (χ1) is 10.8. The van der Waals surface area contributed by atoms with Crippen molar-refractivity contribution < 1.29 is 5.11 Å². The van der Waals surface area contributed by atoms with Gasteiger partial charge in [-0.1, -0.05) is 35.6 Å². The fourth-order valence-electron chi connectivity index (χ4n) is 2.20. The summed E-state index contributed by atoms with van der Waals surface area (Å²) < 4.78 is 2.16. The van der Waals surface area contributed by atoms with Crippen molar-refractivity contribution in [2.75, 3.05) is 5.43 Å². The van der Waals surface area contributed by atoms with Gasteiger partial charge in [-0.05, 0) is 24.3 Å². The van der Waals surface area contributed by atoms with Gasteiger partial charge in [0.1, 0.15) is 5.75 Å². The van der Waals surface area contributed by atoms with Crippen LogP contribution in [0.5, 0.6) is 5.75 Å². The maximum Gasteiger partial charge on any atom is 0.204 e. The van der Waals surface area contributed by atoms with Crippen LogP contribution in [0.1, 0.15) is 4.88 Å². The highest BCUT2D eigenvalue weighted by molar-refractivity contribution is 7.22. The molecule has 0 bridgehead atoms. The van der Waals surface area contributed by atoms with Crippen molar-refractivity contribution in [2.45, 2.75) is 0 Å². The second kappa shape index (κ2) is 5.40. The molecule has 6 heteroatoms. The van der Waals surface area contributed by atoms with Crippen LogP contribution in [-0.2, 0) is 0 Å². The van der Waals surface area contributed by atoms with Gasteiger partial charge in [0.15, 0.2) is 0 Å². The van der Waals surface area contributed by atoms with E-state index in [0.29, 0.717) is 0 Å². The van der Waals surface area contributed by atoms with Gasteiger partial charge in [0, 0.05) is 10.1 Å². The number of fused-ring (bicyclic) bond motifs is 2. The third-order valence-corrected chi connectivity index (χ3v) is 5.27. The number of nitrogens with zero attached hydrogens (tertiary/aromatic N) is 2. The lowest BCUT2D eigenvalue weighted by Crippen LogP contribution is -1.88. The summed E-state index contributed by atoms with van der Waals surface area (Å²) >= 11 is 3.05. The number of hydrogen-bond donors (Lipinski definition) is 2. The third kappa shape index (κ3) is 2.32. The largest absolute Gasteiger partial charge is 0.506 e. The number of hydrazone groups is 1. The summed E-state index contributed by atoms with van der Waals surface area (Å²) in [6.45, 7) is 0. The molecule has 0 fully saturated rings. The Bertz CT molecular complexity index is 954. The van der Waals surface area contributed by atoms with Crippen LogP contribution in [0.2, 0.25) is 0 Å². The van der Waals surface area contributed by atoms with E-state index in [9.17, 15) is 5.11 Å². The topological polar surface area (TPSA) is 57.5 Å². The lowest BCUT2D eigenvalue weighted by Gasteiger charge is -1.92. The molecule has 2 N–H and O–H groups in total. The number of hydrogen-bond acceptors (Lipinski definition) is 6. The number of aromatic hydroxyl groups is 1. The van der Waals surface area contributed by atoms with Gasteiger partial charge in [0.2, 0.25) is 5.13 Å². The normalized spacial score (nSPS) is 11.6. The summed E-state index contributed by atoms with van der Waals surface area (Å²) in [6.07, 6.45) is 1.63. The SMILES string of the molecule is Oc1c(/C=N/Nc2nc3ccccc3s2)sc2ccccc12. The molecule has 0 unspecified atom stereocenters. The minimum Gasteiger partial charge on any atom is -0.506 e. The molecule has 0 aliphatic heterocycles. The van der Waals surface area contributed by atoms with Gasteiger partial charge in [0.05, 0.1) is 21.3 Å². The van der Waals surface area contributed by atoms with E-state index in [1.54, 1.807) is 17.6 Å². The van der Waals surface area contributed by atoms with Crippen LogP contribution < -0.4 is 5.43 Å². The Balaban J connectivity index is 1.59. The summed E-state index contributed by atoms with van der Waals surface area (Å²) in [7, 11) is 0. The minimum atomic E-state index is 0.274. The highest BCUT2D eigenvalue weighted by Gasteiger charge is 2.08. The molecule has 2 heterocycles. The van der Waals surface area contributed by atoms with Gasteiger partial charge < -0.3 is 5.11 Å². The first-order valence-electron chi connectivity index (χ1n) is 6.66. The van der Waals surface area contributed by atoms with Crippen LogP contribution in [0.4, 0.5) is 5.13 Å². The van der Waals surface area contributed by atoms with E-state index in [4.69, 9.17) is 0 Å². The minimum absolute atomic E-state index is 0.274. The smallest absolute Gasteiger partial charge is 0.204 e. The molecule has 108 valence electrons. The van der Waals surface area contributed by atoms with Crippen molar-refractivity contribution in [1.29, 1.82) is 0 Å². The number of anilines is 1. The summed E-state index contributed by atoms with van der Waals surface area (Å²) in [6, 6.07) is 15.7. The first kappa shape index (κ1) is 13.2. The number of thiophene rings is 1. The highest BCUT2D eigenvalue weighted by Crippen LogP contribution is 2.35. The van der Waals surface area contributed by atoms with E-state index in [1.807, 2.05) is 48.5 Å². The standard InChI is InChI=1S/C16H11N3OS2/c20-15-10-5-1-3-7-12(10)21-14(15)9-17-19-16-18-11-6-2-4-8-13(11)22-16/h1-9,20H,(H,18,19)/b17-9+. The van der Waals surface area contributed by atoms with Crippen LogP contribution in [0.25, 0.3) is 20.3 Å². The number of para-hydroxylation sites is 1. The molecule has 0 spiro atoms. The fraction of sp³-hybridized carbons (Fsp3) is 0. The fourth-order valence-corrected chi connectivity index (χ4v) is 3.99. The zero-order chi connectivity index (χ0) is 14.9. The Kier molecular flexibility index (Phi) is 3.25. The van der Waals surface area contributed by atoms with Gasteiger partial charge >= 0.3 is 0 Å². The lowest BCUT2D eigenvalue weighted by atomic mass is 10.2. The molecular weight excluding hydrogens is 314 g/mol. The van der Waals surface area contributed by atoms with Crippen molar-refractivity contribution in [1.82, 2.24) is 4.98 Å². The Morgan fingerprint density at radius 2 is 1.77 bits per heavy atom. The van der Waals surface area contributed by atoms with Gasteiger partial charge in [-0.3, -0.25) is 5.43 Å². The van der Waals surface area contributed by atoms with Gasteiger partial charge in [-0.25, -0.2) is 4.98 Å². The van der Waals surface area contributed by atoms with Crippen LogP contribution in [0.15, 0.2) is 53.6 Å². The molecule has 4 nitrogen and oxygen atoms in total. The Hall–Kier alpha value is -2.44. The summed E-state index contributed by atoms with van der Waals surface area (Å²) in [5.74, 6) is 0.274. The Labute approximate surface area is 134 Å². The van der Waals surface area contributed by atoms with E-state index in [1.165, 1.54) is 11.3 Å². The maximum absolute atomic E-state index is 10.2. The zero-order valence-corrected chi connectivity index (χ0v) is 13.0. The van der Waals surface area contributed by atoms with Crippen molar-refractivity contribution in [2.24, 2.45) is 5.10 Å². The zero-order valence-electron chi connectivity index (χ0n) is 11.4. The van der Waals surface area contributed by atoms with Crippen LogP contribution in [-0.4, -0.2) is 16.3 Å². The molecule has 2 aromatic heterocycles. The molecule has 0 saturated carbocycles. The Morgan fingerprint density at radius 3 is 2.59 bits per heavy atom. The monoisotopic (exact) mass is 325 g/mol. The van der Waals surface area contributed by atoms with E-state index < -0.39 is 0 Å². The molecule has 4 aromatic rings. The predicted molar refractivity (Wildman–Crippen MR) is 94.3 cm³/mol. The molecule has 0 aliphatic carbocycles. The highest BCUT2D eigenvalue weighted by atomic mass is 32.1. The summed E-state index contributed by atoms with van der Waals surface area (Å²) in [4.78, 5) is 5.17. The average Bonchev–Trinajstić information content (AvgIpc) is 3.09. The van der Waals surface area contributed by atoms with Crippen molar-refractivity contribution in [3.63, 3.8) is 0 Å². The van der Waals surface area contributed by atoms with Crippen molar-refractivity contribution in [3.8, 4) is 5.75 Å². The third-order valence-electron chi connectivity index (χ3n) is 3.23.